The van der Waals surface area contributed by atoms with Crippen LogP contribution in [0, 0.1) is 17.0 Å². The van der Waals surface area contributed by atoms with Crippen molar-refractivity contribution >= 4 is 23.7 Å². The lowest BCUT2D eigenvalue weighted by Gasteiger charge is -2.19. The predicted molar refractivity (Wildman–Crippen MR) is 66.2 cm³/mol. The number of ether oxygens (including phenoxy) is 1. The van der Waals surface area contributed by atoms with Crippen LogP contribution in [0.15, 0.2) is 18.2 Å². The van der Waals surface area contributed by atoms with Gasteiger partial charge in [0.15, 0.2) is 0 Å². The molecule has 2 saturated heterocycles. The molecule has 2 heterocycles. The van der Waals surface area contributed by atoms with Gasteiger partial charge in [0.1, 0.15) is 17.7 Å². The molecule has 1 N–H and O–H groups in total. The highest BCUT2D eigenvalue weighted by Gasteiger charge is 2.46. The number of amides is 1. The van der Waals surface area contributed by atoms with Crippen LogP contribution in [-0.4, -0.2) is 40.5 Å². The van der Waals surface area contributed by atoms with Crippen LogP contribution in [0.2, 0.25) is 0 Å². The molecule has 0 radical (unpaired) electrons. The average molecular weight is 284 g/mol. The zero-order valence-electron chi connectivity index (χ0n) is 9.73. The maximum atomic E-state index is 13.1. The number of halogens is 2. The van der Waals surface area contributed by atoms with Gasteiger partial charge in [-0.15, -0.1) is 0 Å². The molecule has 0 aliphatic carbocycles. The summed E-state index contributed by atoms with van der Waals surface area (Å²) in [5.74, 6) is -0.844. The van der Waals surface area contributed by atoms with Crippen LogP contribution in [-0.2, 0) is 4.74 Å². The summed E-state index contributed by atoms with van der Waals surface area (Å²) >= 11 is 1.63. The normalized spacial score (nSPS) is 25.4. The molecule has 2 unspecified atom stereocenters. The van der Waals surface area contributed by atoms with Gasteiger partial charge in [0.2, 0.25) is 0 Å². The van der Waals surface area contributed by atoms with Crippen molar-refractivity contribution in [2.24, 2.45) is 0 Å². The first-order valence-electron chi connectivity index (χ1n) is 5.69. The molecule has 0 bridgehead atoms. The Hall–Kier alpha value is -1.63. The zero-order chi connectivity index (χ0) is 13.6. The average Bonchev–Trinajstić information content (AvgIpc) is 2.86. The van der Waals surface area contributed by atoms with Crippen molar-refractivity contribution in [1.82, 2.24) is 4.90 Å². The first-order valence-corrected chi connectivity index (χ1v) is 6.84. The van der Waals surface area contributed by atoms with Crippen molar-refractivity contribution in [3.05, 3.63) is 35.4 Å². The maximum Gasteiger partial charge on any atom is 0.292 e. The van der Waals surface area contributed by atoms with Gasteiger partial charge in [-0.05, 0) is 12.1 Å². The topological polar surface area (TPSA) is 53.4 Å². The van der Waals surface area contributed by atoms with Gasteiger partial charge in [-0.25, -0.2) is 8.78 Å². The Kier molecular flexibility index (Phi) is 2.93. The fourth-order valence-electron chi connectivity index (χ4n) is 2.29. The number of thioether (sulfide) groups is 1. The highest BCUT2D eigenvalue weighted by Crippen LogP contribution is 2.32. The third-order valence-corrected chi connectivity index (χ3v) is 4.28. The molecule has 0 spiro atoms. The predicted octanol–water partition coefficient (Wildman–Crippen LogP) is 1.86. The van der Waals surface area contributed by atoms with E-state index in [1.165, 1.54) is 4.90 Å². The van der Waals surface area contributed by atoms with E-state index < -0.39 is 17.5 Å². The number of hydrogen-bond acceptors (Lipinski definition) is 4. The van der Waals surface area contributed by atoms with Crippen molar-refractivity contribution in [2.75, 3.05) is 11.5 Å². The summed E-state index contributed by atoms with van der Waals surface area (Å²) in [5.41, 5.74) is -0.108. The summed E-state index contributed by atoms with van der Waals surface area (Å²) in [6.07, 6.45) is -0.195. The fourth-order valence-corrected chi connectivity index (χ4v) is 3.55. The van der Waals surface area contributed by atoms with Crippen molar-refractivity contribution in [3.63, 3.8) is 0 Å². The highest BCUT2D eigenvalue weighted by molar-refractivity contribution is 7.99. The monoisotopic (exact) mass is 284 g/mol. The maximum absolute atomic E-state index is 13.1. The Balaban J connectivity index is 1.92. The first kappa shape index (κ1) is 12.4. The molecular formula is C12H10F2N2O2S. The molecule has 0 aromatic heterocycles. The highest BCUT2D eigenvalue weighted by atomic mass is 32.2. The van der Waals surface area contributed by atoms with Gasteiger partial charge in [0.05, 0.1) is 6.04 Å². The number of fused-ring (bicyclic) bond motifs is 1. The number of carbonyl (C=O) groups excluding carboxylic acids is 1. The Morgan fingerprint density at radius 1 is 1.32 bits per heavy atom. The Bertz CT molecular complexity index is 546. The minimum Gasteiger partial charge on any atom is -0.459 e. The molecule has 1 aromatic rings. The minimum atomic E-state index is -0.813. The molecule has 0 saturated carbocycles. The van der Waals surface area contributed by atoms with E-state index in [9.17, 15) is 13.6 Å². The summed E-state index contributed by atoms with van der Waals surface area (Å²) in [5, 5.41) is 7.68. The summed E-state index contributed by atoms with van der Waals surface area (Å²) in [7, 11) is 0. The number of nitrogens with zero attached hydrogens (tertiary/aromatic N) is 1. The number of hydrogen-bond donors (Lipinski definition) is 1. The number of benzene rings is 1. The van der Waals surface area contributed by atoms with Gasteiger partial charge >= 0.3 is 0 Å². The standard InChI is InChI=1S/C12H10F2N2O2S/c13-7-1-6(2-8(14)3-7)11(17)16-9-4-19-5-10(9)18-12(16)15/h1-3,9-10,15H,4-5H2. The number of rotatable bonds is 1. The molecule has 2 atom stereocenters. The molecule has 4 nitrogen and oxygen atoms in total. The molecule has 1 aromatic carbocycles. The quantitative estimate of drug-likeness (QED) is 0.856. The van der Waals surface area contributed by atoms with Crippen molar-refractivity contribution in [2.45, 2.75) is 12.1 Å². The van der Waals surface area contributed by atoms with Gasteiger partial charge in [-0.2, -0.15) is 11.8 Å². The van der Waals surface area contributed by atoms with Crippen LogP contribution in [0.3, 0.4) is 0 Å². The molecule has 7 heteroatoms. The first-order chi connectivity index (χ1) is 9.06. The second-order valence-electron chi connectivity index (χ2n) is 4.40. The van der Waals surface area contributed by atoms with Crippen LogP contribution in [0.25, 0.3) is 0 Å². The second kappa shape index (κ2) is 4.48. The Labute approximate surface area is 112 Å². The number of amidine groups is 1. The van der Waals surface area contributed by atoms with E-state index in [1.807, 2.05) is 0 Å². The molecular weight excluding hydrogens is 274 g/mol. The molecule has 2 aliphatic rings. The summed E-state index contributed by atoms with van der Waals surface area (Å²) < 4.78 is 31.6. The van der Waals surface area contributed by atoms with E-state index in [2.05, 4.69) is 0 Å². The van der Waals surface area contributed by atoms with Crippen LogP contribution < -0.4 is 0 Å². The van der Waals surface area contributed by atoms with Crippen molar-refractivity contribution < 1.29 is 18.3 Å². The lowest BCUT2D eigenvalue weighted by molar-refractivity contribution is 0.0822. The fraction of sp³-hybridized carbons (Fsp3) is 0.333. The third-order valence-electron chi connectivity index (χ3n) is 3.14. The molecule has 2 aliphatic heterocycles. The molecule has 2 fully saturated rings. The third kappa shape index (κ3) is 2.07. The van der Waals surface area contributed by atoms with Crippen molar-refractivity contribution in [3.8, 4) is 0 Å². The van der Waals surface area contributed by atoms with E-state index in [4.69, 9.17) is 10.1 Å². The van der Waals surface area contributed by atoms with E-state index in [0.29, 0.717) is 17.6 Å². The minimum absolute atomic E-state index is 0.108. The van der Waals surface area contributed by atoms with Gasteiger partial charge in [-0.3, -0.25) is 15.1 Å². The number of carbonyl (C=O) groups is 1. The molecule has 100 valence electrons. The van der Waals surface area contributed by atoms with Crippen LogP contribution in [0.4, 0.5) is 8.78 Å². The zero-order valence-corrected chi connectivity index (χ0v) is 10.5. The Morgan fingerprint density at radius 3 is 2.68 bits per heavy atom. The van der Waals surface area contributed by atoms with Gasteiger partial charge in [-0.1, -0.05) is 0 Å². The summed E-state index contributed by atoms with van der Waals surface area (Å²) in [4.78, 5) is 13.4. The lowest BCUT2D eigenvalue weighted by atomic mass is 10.1. The van der Waals surface area contributed by atoms with E-state index >= 15 is 0 Å². The Morgan fingerprint density at radius 2 is 2.00 bits per heavy atom. The van der Waals surface area contributed by atoms with E-state index in [-0.39, 0.29) is 23.7 Å². The summed E-state index contributed by atoms with van der Waals surface area (Å²) in [6, 6.07) is 2.17. The molecule has 19 heavy (non-hydrogen) atoms. The van der Waals surface area contributed by atoms with Crippen LogP contribution >= 0.6 is 11.8 Å². The van der Waals surface area contributed by atoms with Crippen LogP contribution in [0.1, 0.15) is 10.4 Å². The number of nitrogens with one attached hydrogen (secondary N) is 1. The smallest absolute Gasteiger partial charge is 0.292 e. The van der Waals surface area contributed by atoms with E-state index in [1.54, 1.807) is 11.8 Å². The molecule has 3 rings (SSSR count). The van der Waals surface area contributed by atoms with Gasteiger partial charge < -0.3 is 4.74 Å². The van der Waals surface area contributed by atoms with E-state index in [0.717, 1.165) is 12.1 Å². The van der Waals surface area contributed by atoms with Crippen LogP contribution in [0.5, 0.6) is 0 Å². The summed E-state index contributed by atoms with van der Waals surface area (Å²) in [6.45, 7) is 0. The largest absolute Gasteiger partial charge is 0.459 e. The second-order valence-corrected chi connectivity index (χ2v) is 5.47. The molecule has 1 amide bonds. The van der Waals surface area contributed by atoms with Crippen molar-refractivity contribution in [1.29, 1.82) is 5.41 Å². The SMILES string of the molecule is N=C1OC2CSCC2N1C(=O)c1cc(F)cc(F)c1. The van der Waals surface area contributed by atoms with Gasteiger partial charge in [0.25, 0.3) is 11.9 Å². The lowest BCUT2D eigenvalue weighted by Crippen LogP contribution is -2.41. The van der Waals surface area contributed by atoms with Gasteiger partial charge in [0, 0.05) is 23.1 Å².